The van der Waals surface area contributed by atoms with Gasteiger partial charge >= 0.3 is 0 Å². The molecule has 100 valence electrons. The first-order valence-corrected chi connectivity index (χ1v) is 5.90. The van der Waals surface area contributed by atoms with E-state index in [4.69, 9.17) is 5.73 Å². The van der Waals surface area contributed by atoms with Gasteiger partial charge in [-0.25, -0.2) is 0 Å². The van der Waals surface area contributed by atoms with Gasteiger partial charge in [0.1, 0.15) is 11.6 Å². The molecular formula is C13H16N4O2. The molecule has 6 heteroatoms. The van der Waals surface area contributed by atoms with Crippen LogP contribution in [0.5, 0.6) is 5.75 Å². The number of aromatic hydroxyl groups is 1. The van der Waals surface area contributed by atoms with Gasteiger partial charge in [-0.3, -0.25) is 9.89 Å². The van der Waals surface area contributed by atoms with E-state index < -0.39 is 6.04 Å². The number of aryl methyl sites for hydroxylation is 1. The molecule has 0 saturated heterocycles. The smallest absolute Gasteiger partial charge is 0.242 e. The van der Waals surface area contributed by atoms with Crippen LogP contribution in [-0.4, -0.2) is 27.3 Å². The van der Waals surface area contributed by atoms with Crippen molar-refractivity contribution in [3.8, 4) is 5.75 Å². The maximum atomic E-state index is 11.9. The summed E-state index contributed by atoms with van der Waals surface area (Å²) in [5.41, 5.74) is 7.59. The van der Waals surface area contributed by atoms with Crippen molar-refractivity contribution < 1.29 is 9.90 Å². The number of H-pyrrole nitrogens is 1. The van der Waals surface area contributed by atoms with Crippen molar-refractivity contribution in [2.75, 3.05) is 5.32 Å². The van der Waals surface area contributed by atoms with Gasteiger partial charge in [-0.05, 0) is 31.0 Å². The minimum atomic E-state index is -0.660. The molecule has 0 radical (unpaired) electrons. The molecule has 5 N–H and O–H groups in total. The largest absolute Gasteiger partial charge is 0.508 e. The molecule has 0 fully saturated rings. The number of carbonyl (C=O) groups is 1. The van der Waals surface area contributed by atoms with E-state index in [1.807, 2.05) is 6.92 Å². The van der Waals surface area contributed by atoms with Crippen LogP contribution in [0.1, 0.15) is 11.1 Å². The van der Waals surface area contributed by atoms with Crippen LogP contribution in [0.2, 0.25) is 0 Å². The van der Waals surface area contributed by atoms with Crippen molar-refractivity contribution in [3.05, 3.63) is 41.6 Å². The Hall–Kier alpha value is -2.34. The quantitative estimate of drug-likeness (QED) is 0.656. The first-order valence-electron chi connectivity index (χ1n) is 5.90. The highest BCUT2D eigenvalue weighted by Gasteiger charge is 2.15. The van der Waals surface area contributed by atoms with E-state index in [1.54, 1.807) is 30.5 Å². The molecule has 2 aromatic rings. The van der Waals surface area contributed by atoms with Gasteiger partial charge in [-0.15, -0.1) is 0 Å². The third kappa shape index (κ3) is 3.32. The summed E-state index contributed by atoms with van der Waals surface area (Å²) < 4.78 is 0. The molecule has 0 unspecified atom stereocenters. The molecule has 1 amide bonds. The first kappa shape index (κ1) is 13.1. The number of nitrogens with one attached hydrogen (secondary N) is 2. The molecule has 0 spiro atoms. The molecular weight excluding hydrogens is 244 g/mol. The van der Waals surface area contributed by atoms with Crippen LogP contribution in [0.25, 0.3) is 0 Å². The third-order valence-corrected chi connectivity index (χ3v) is 2.81. The number of hydrogen-bond acceptors (Lipinski definition) is 4. The summed E-state index contributed by atoms with van der Waals surface area (Å²) in [6.07, 6.45) is 2.03. The van der Waals surface area contributed by atoms with Gasteiger partial charge in [-0.2, -0.15) is 5.10 Å². The molecule has 2 rings (SSSR count). The van der Waals surface area contributed by atoms with Gasteiger partial charge in [0.05, 0.1) is 12.2 Å². The molecule has 0 aliphatic heterocycles. The minimum absolute atomic E-state index is 0.190. The zero-order chi connectivity index (χ0) is 13.8. The summed E-state index contributed by atoms with van der Waals surface area (Å²) in [4.78, 5) is 11.9. The van der Waals surface area contributed by atoms with E-state index in [2.05, 4.69) is 15.5 Å². The fraction of sp³-hybridized carbons (Fsp3) is 0.231. The number of phenols is 1. The molecule has 19 heavy (non-hydrogen) atoms. The van der Waals surface area contributed by atoms with E-state index >= 15 is 0 Å². The molecule has 0 bridgehead atoms. The third-order valence-electron chi connectivity index (χ3n) is 2.81. The lowest BCUT2D eigenvalue weighted by atomic mass is 10.1. The highest BCUT2D eigenvalue weighted by atomic mass is 16.3. The van der Waals surface area contributed by atoms with Gasteiger partial charge in [0.15, 0.2) is 0 Å². The summed E-state index contributed by atoms with van der Waals surface area (Å²) in [6.45, 7) is 1.84. The second-order valence-electron chi connectivity index (χ2n) is 4.39. The topological polar surface area (TPSA) is 104 Å². The van der Waals surface area contributed by atoms with Crippen LogP contribution in [-0.2, 0) is 11.2 Å². The fourth-order valence-electron chi connectivity index (χ4n) is 1.67. The number of rotatable bonds is 4. The number of hydrogen-bond donors (Lipinski definition) is 4. The number of aromatic amines is 1. The molecule has 0 saturated carbocycles. The molecule has 1 aromatic carbocycles. The molecule has 1 heterocycles. The number of phenolic OH excluding ortho intramolecular Hbond substituents is 1. The van der Waals surface area contributed by atoms with Gasteiger partial charge in [0, 0.05) is 5.56 Å². The van der Waals surface area contributed by atoms with Crippen molar-refractivity contribution in [2.45, 2.75) is 19.4 Å². The van der Waals surface area contributed by atoms with Gasteiger partial charge in [0.2, 0.25) is 5.91 Å². The summed E-state index contributed by atoms with van der Waals surface area (Å²) in [6, 6.07) is 5.96. The normalized spacial score (nSPS) is 12.1. The zero-order valence-electron chi connectivity index (χ0n) is 10.6. The number of benzene rings is 1. The maximum Gasteiger partial charge on any atom is 0.242 e. The lowest BCUT2D eigenvalue weighted by Gasteiger charge is -2.11. The van der Waals surface area contributed by atoms with Crippen molar-refractivity contribution in [1.29, 1.82) is 0 Å². The summed E-state index contributed by atoms with van der Waals surface area (Å²) in [5, 5.41) is 18.4. The Morgan fingerprint density at radius 2 is 2.16 bits per heavy atom. The SMILES string of the molecule is Cc1cn[nH]c1NC(=O)[C@H](N)Cc1ccc(O)cc1. The van der Waals surface area contributed by atoms with Crippen LogP contribution in [0.4, 0.5) is 5.82 Å². The maximum absolute atomic E-state index is 11.9. The van der Waals surface area contributed by atoms with Crippen LogP contribution < -0.4 is 11.1 Å². The molecule has 0 aliphatic rings. The van der Waals surface area contributed by atoms with E-state index in [0.717, 1.165) is 11.1 Å². The molecule has 1 atom stereocenters. The van der Waals surface area contributed by atoms with Gasteiger partial charge in [-0.1, -0.05) is 12.1 Å². The van der Waals surface area contributed by atoms with Crippen LogP contribution in [0.3, 0.4) is 0 Å². The predicted octanol–water partition coefficient (Wildman–Crippen LogP) is 0.932. The van der Waals surface area contributed by atoms with Crippen LogP contribution >= 0.6 is 0 Å². The van der Waals surface area contributed by atoms with E-state index in [1.165, 1.54) is 0 Å². The highest BCUT2D eigenvalue weighted by molar-refractivity contribution is 5.94. The molecule has 0 aliphatic carbocycles. The molecule has 1 aromatic heterocycles. The van der Waals surface area contributed by atoms with Crippen LogP contribution in [0.15, 0.2) is 30.5 Å². The number of carbonyl (C=O) groups excluding carboxylic acids is 1. The highest BCUT2D eigenvalue weighted by Crippen LogP contribution is 2.12. The Morgan fingerprint density at radius 3 is 2.74 bits per heavy atom. The fourth-order valence-corrected chi connectivity index (χ4v) is 1.67. The second-order valence-corrected chi connectivity index (χ2v) is 4.39. The molecule has 6 nitrogen and oxygen atoms in total. The number of amides is 1. The Bertz CT molecular complexity index is 562. The summed E-state index contributed by atoms with van der Waals surface area (Å²) in [5.74, 6) is 0.474. The standard InChI is InChI=1S/C13H16N4O2/c1-8-7-15-17-12(8)16-13(19)11(14)6-9-2-4-10(18)5-3-9/h2-5,7,11,18H,6,14H2,1H3,(H2,15,16,17,19)/t11-/m1/s1. The predicted molar refractivity (Wildman–Crippen MR) is 71.7 cm³/mol. The number of aromatic nitrogens is 2. The minimum Gasteiger partial charge on any atom is -0.508 e. The summed E-state index contributed by atoms with van der Waals surface area (Å²) in [7, 11) is 0. The van der Waals surface area contributed by atoms with Crippen LogP contribution in [0, 0.1) is 6.92 Å². The van der Waals surface area contributed by atoms with Crippen molar-refractivity contribution >= 4 is 11.7 Å². The van der Waals surface area contributed by atoms with Crippen molar-refractivity contribution in [1.82, 2.24) is 10.2 Å². The number of anilines is 1. The van der Waals surface area contributed by atoms with E-state index in [-0.39, 0.29) is 11.7 Å². The Kier molecular flexibility index (Phi) is 3.82. The van der Waals surface area contributed by atoms with Crippen molar-refractivity contribution in [3.63, 3.8) is 0 Å². The monoisotopic (exact) mass is 260 g/mol. The van der Waals surface area contributed by atoms with E-state index in [9.17, 15) is 9.90 Å². The summed E-state index contributed by atoms with van der Waals surface area (Å²) >= 11 is 0. The first-order chi connectivity index (χ1) is 9.06. The number of nitrogens with zero attached hydrogens (tertiary/aromatic N) is 1. The van der Waals surface area contributed by atoms with Gasteiger partial charge < -0.3 is 16.2 Å². The Balaban J connectivity index is 1.96. The Labute approximate surface area is 110 Å². The second kappa shape index (κ2) is 5.53. The average Bonchev–Trinajstić information content (AvgIpc) is 2.78. The van der Waals surface area contributed by atoms with Gasteiger partial charge in [0.25, 0.3) is 0 Å². The number of nitrogens with two attached hydrogens (primary N) is 1. The average molecular weight is 260 g/mol. The van der Waals surface area contributed by atoms with Crippen molar-refractivity contribution in [2.24, 2.45) is 5.73 Å². The lowest BCUT2D eigenvalue weighted by Crippen LogP contribution is -2.37. The Morgan fingerprint density at radius 1 is 1.47 bits per heavy atom. The zero-order valence-corrected chi connectivity index (χ0v) is 10.6. The lowest BCUT2D eigenvalue weighted by molar-refractivity contribution is -0.117. The van der Waals surface area contributed by atoms with E-state index in [0.29, 0.717) is 12.2 Å².